The van der Waals surface area contributed by atoms with Crippen molar-refractivity contribution in [3.63, 3.8) is 0 Å². The Hall–Kier alpha value is -3.87. The van der Waals surface area contributed by atoms with Crippen molar-refractivity contribution in [3.05, 3.63) is 71.0 Å². The molecular weight excluding hydrogens is 435 g/mol. The summed E-state index contributed by atoms with van der Waals surface area (Å²) in [6.07, 6.45) is -2.75. The van der Waals surface area contributed by atoms with Crippen molar-refractivity contribution < 1.29 is 22.7 Å². The molecule has 0 saturated heterocycles. The molecule has 0 aliphatic carbocycles. The predicted molar refractivity (Wildman–Crippen MR) is 115 cm³/mol. The maximum absolute atomic E-state index is 12.4. The summed E-state index contributed by atoms with van der Waals surface area (Å²) in [6.45, 7) is 2.76. The average Bonchev–Trinajstić information content (AvgIpc) is 3.18. The van der Waals surface area contributed by atoms with Crippen molar-refractivity contribution in [3.8, 4) is 11.9 Å². The number of alkyl halides is 3. The lowest BCUT2D eigenvalue weighted by molar-refractivity contribution is -0.154. The Morgan fingerprint density at radius 2 is 1.91 bits per heavy atom. The van der Waals surface area contributed by atoms with Crippen LogP contribution in [0.25, 0.3) is 0 Å². The number of rotatable bonds is 8. The van der Waals surface area contributed by atoms with E-state index >= 15 is 0 Å². The van der Waals surface area contributed by atoms with Gasteiger partial charge < -0.3 is 10.1 Å². The van der Waals surface area contributed by atoms with Crippen LogP contribution in [-0.4, -0.2) is 33.5 Å². The molecule has 7 nitrogen and oxygen atoms in total. The first-order valence-corrected chi connectivity index (χ1v) is 10.1. The lowest BCUT2D eigenvalue weighted by Crippen LogP contribution is -2.20. The van der Waals surface area contributed by atoms with E-state index in [1.54, 1.807) is 18.3 Å². The minimum Gasteiger partial charge on any atom is -0.467 e. The van der Waals surface area contributed by atoms with E-state index in [4.69, 9.17) is 5.26 Å². The topological polar surface area (TPSA) is 92.8 Å². The van der Waals surface area contributed by atoms with Gasteiger partial charge in [0.15, 0.2) is 12.4 Å². The number of carbonyl (C=O) groups is 1. The maximum atomic E-state index is 12.4. The summed E-state index contributed by atoms with van der Waals surface area (Å²) in [5.41, 5.74) is 2.32. The zero-order valence-corrected chi connectivity index (χ0v) is 18.1. The number of nitrogens with zero attached hydrogens (tertiary/aromatic N) is 4. The monoisotopic (exact) mass is 457 g/mol. The molecule has 2 heterocycles. The maximum Gasteiger partial charge on any atom is 0.422 e. The van der Waals surface area contributed by atoms with Crippen LogP contribution in [0.1, 0.15) is 42.1 Å². The van der Waals surface area contributed by atoms with Crippen LogP contribution in [0.3, 0.4) is 0 Å². The lowest BCUT2D eigenvalue weighted by atomic mass is 10.0. The fourth-order valence-corrected chi connectivity index (χ4v) is 2.99. The molecule has 1 N–H and O–H groups in total. The normalized spacial score (nSPS) is 11.3. The number of ether oxygens (including phenoxy) is 1. The second-order valence-corrected chi connectivity index (χ2v) is 7.69. The molecule has 0 aliphatic rings. The molecule has 0 unspecified atom stereocenters. The molecule has 33 heavy (non-hydrogen) atoms. The van der Waals surface area contributed by atoms with Gasteiger partial charge in [-0.3, -0.25) is 9.48 Å². The van der Waals surface area contributed by atoms with Gasteiger partial charge in [0.2, 0.25) is 11.8 Å². The minimum atomic E-state index is -4.55. The standard InChI is InChI=1S/C23H22F3N5O2/c1-15(2)17-5-3-16(4-6-17)11-21(32)29-20-9-10-31(30-20)13-19-8-7-18(12-27)22(28-19)33-14-23(24,25)26/h3-10,15H,11,13-14H2,1-2H3,(H,29,30,32). The predicted octanol–water partition coefficient (Wildman–Crippen LogP) is 4.44. The SMILES string of the molecule is CC(C)c1ccc(CC(=O)Nc2ccn(Cc3ccc(C#N)c(OCC(F)(F)F)n3)n2)cc1. The van der Waals surface area contributed by atoms with Crippen molar-refractivity contribution in [1.29, 1.82) is 5.26 Å². The van der Waals surface area contributed by atoms with Gasteiger partial charge in [0, 0.05) is 12.3 Å². The zero-order chi connectivity index (χ0) is 24.0. The van der Waals surface area contributed by atoms with Crippen LogP contribution in [0.15, 0.2) is 48.7 Å². The minimum absolute atomic E-state index is 0.0992. The number of amides is 1. The number of benzene rings is 1. The first kappa shape index (κ1) is 23.8. The number of aromatic nitrogens is 3. The number of nitrogens with one attached hydrogen (secondary N) is 1. The summed E-state index contributed by atoms with van der Waals surface area (Å²) >= 11 is 0. The van der Waals surface area contributed by atoms with Gasteiger partial charge in [0.25, 0.3) is 0 Å². The van der Waals surface area contributed by atoms with Crippen LogP contribution < -0.4 is 10.1 Å². The summed E-state index contributed by atoms with van der Waals surface area (Å²) in [5, 5.41) is 16.0. The highest BCUT2D eigenvalue weighted by molar-refractivity contribution is 5.91. The van der Waals surface area contributed by atoms with Gasteiger partial charge in [-0.2, -0.15) is 23.5 Å². The Morgan fingerprint density at radius 1 is 1.18 bits per heavy atom. The quantitative estimate of drug-likeness (QED) is 0.540. The summed E-state index contributed by atoms with van der Waals surface area (Å²) in [7, 11) is 0. The number of pyridine rings is 1. The number of anilines is 1. The van der Waals surface area contributed by atoms with Crippen molar-refractivity contribution in [2.24, 2.45) is 0 Å². The number of halogens is 3. The molecule has 0 fully saturated rings. The van der Waals surface area contributed by atoms with Crippen LogP contribution in [0.2, 0.25) is 0 Å². The van der Waals surface area contributed by atoms with Crippen LogP contribution in [0.4, 0.5) is 19.0 Å². The van der Waals surface area contributed by atoms with Crippen molar-refractivity contribution in [2.75, 3.05) is 11.9 Å². The number of carbonyl (C=O) groups excluding carboxylic acids is 1. The second kappa shape index (κ2) is 10.2. The van der Waals surface area contributed by atoms with E-state index in [9.17, 15) is 18.0 Å². The molecule has 0 aliphatic heterocycles. The molecular formula is C23H22F3N5O2. The molecule has 10 heteroatoms. The molecule has 0 spiro atoms. The third kappa shape index (κ3) is 7.07. The molecule has 2 aromatic heterocycles. The highest BCUT2D eigenvalue weighted by Crippen LogP contribution is 2.21. The molecule has 172 valence electrons. The van der Waals surface area contributed by atoms with Gasteiger partial charge in [-0.05, 0) is 29.2 Å². The molecule has 0 saturated carbocycles. The lowest BCUT2D eigenvalue weighted by Gasteiger charge is -2.10. The van der Waals surface area contributed by atoms with Gasteiger partial charge in [-0.1, -0.05) is 38.1 Å². The Labute approximate surface area is 188 Å². The number of hydrogen-bond donors (Lipinski definition) is 1. The number of hydrogen-bond acceptors (Lipinski definition) is 5. The van der Waals surface area contributed by atoms with Gasteiger partial charge in [0.1, 0.15) is 11.6 Å². The average molecular weight is 457 g/mol. The van der Waals surface area contributed by atoms with Crippen molar-refractivity contribution in [1.82, 2.24) is 14.8 Å². The molecule has 3 aromatic rings. The van der Waals surface area contributed by atoms with E-state index in [2.05, 4.69) is 34.0 Å². The van der Waals surface area contributed by atoms with E-state index < -0.39 is 18.7 Å². The van der Waals surface area contributed by atoms with Crippen LogP contribution >= 0.6 is 0 Å². The van der Waals surface area contributed by atoms with Gasteiger partial charge in [-0.25, -0.2) is 4.98 Å². The Morgan fingerprint density at radius 3 is 2.55 bits per heavy atom. The Kier molecular flexibility index (Phi) is 7.33. The highest BCUT2D eigenvalue weighted by Gasteiger charge is 2.29. The van der Waals surface area contributed by atoms with Crippen LogP contribution in [0.5, 0.6) is 5.88 Å². The summed E-state index contributed by atoms with van der Waals surface area (Å²) in [4.78, 5) is 16.3. The fraction of sp³-hybridized carbons (Fsp3) is 0.304. The summed E-state index contributed by atoms with van der Waals surface area (Å²) in [6, 6.07) is 14.0. The first-order valence-electron chi connectivity index (χ1n) is 10.1. The molecule has 1 aromatic carbocycles. The molecule has 0 radical (unpaired) electrons. The molecule has 0 bridgehead atoms. The fourth-order valence-electron chi connectivity index (χ4n) is 2.99. The zero-order valence-electron chi connectivity index (χ0n) is 18.1. The summed E-state index contributed by atoms with van der Waals surface area (Å²) < 4.78 is 43.4. The van der Waals surface area contributed by atoms with Crippen molar-refractivity contribution in [2.45, 2.75) is 38.9 Å². The second-order valence-electron chi connectivity index (χ2n) is 7.69. The molecule has 3 rings (SSSR count). The highest BCUT2D eigenvalue weighted by atomic mass is 19.4. The van der Waals surface area contributed by atoms with Crippen LogP contribution in [-0.2, 0) is 17.8 Å². The third-order valence-corrected chi connectivity index (χ3v) is 4.65. The summed E-state index contributed by atoms with van der Waals surface area (Å²) in [5.74, 6) is 0.129. The van der Waals surface area contributed by atoms with Crippen molar-refractivity contribution >= 4 is 11.7 Å². The van der Waals surface area contributed by atoms with Gasteiger partial charge >= 0.3 is 6.18 Å². The molecule has 1 amide bonds. The smallest absolute Gasteiger partial charge is 0.422 e. The van der Waals surface area contributed by atoms with E-state index in [1.165, 1.54) is 22.4 Å². The van der Waals surface area contributed by atoms with E-state index in [-0.39, 0.29) is 24.4 Å². The Balaban J connectivity index is 1.61. The first-order chi connectivity index (χ1) is 15.6. The number of nitriles is 1. The molecule has 0 atom stereocenters. The van der Waals surface area contributed by atoms with E-state index in [0.29, 0.717) is 17.4 Å². The largest absolute Gasteiger partial charge is 0.467 e. The van der Waals surface area contributed by atoms with Gasteiger partial charge in [-0.15, -0.1) is 0 Å². The Bertz CT molecular complexity index is 1150. The van der Waals surface area contributed by atoms with E-state index in [1.807, 2.05) is 24.3 Å². The third-order valence-electron chi connectivity index (χ3n) is 4.65. The van der Waals surface area contributed by atoms with E-state index in [0.717, 1.165) is 5.56 Å². The van der Waals surface area contributed by atoms with Crippen LogP contribution in [0, 0.1) is 11.3 Å². The van der Waals surface area contributed by atoms with Gasteiger partial charge in [0.05, 0.1) is 18.7 Å².